The summed E-state index contributed by atoms with van der Waals surface area (Å²) in [4.78, 5) is 2.58. The highest BCUT2D eigenvalue weighted by Crippen LogP contribution is 2.28. The maximum atomic E-state index is 5.59. The molecule has 0 unspecified atom stereocenters. The molecule has 0 radical (unpaired) electrons. The number of nitrogens with two attached hydrogens (primary N) is 1. The Balaban J connectivity index is 1.71. The van der Waals surface area contributed by atoms with Crippen LogP contribution in [0.1, 0.15) is 33.1 Å². The summed E-state index contributed by atoms with van der Waals surface area (Å²) in [6.07, 6.45) is 5.80. The summed E-state index contributed by atoms with van der Waals surface area (Å²) in [6, 6.07) is 1.85. The van der Waals surface area contributed by atoms with Crippen molar-refractivity contribution in [1.29, 1.82) is 0 Å². The Bertz CT molecular complexity index is 356. The molecule has 4 heteroatoms. The summed E-state index contributed by atoms with van der Waals surface area (Å²) in [6.45, 7) is 9.36. The normalized spacial score (nSPS) is 20.6. The van der Waals surface area contributed by atoms with E-state index in [9.17, 15) is 0 Å². The highest BCUT2D eigenvalue weighted by atomic mass is 15.3. The van der Waals surface area contributed by atoms with Gasteiger partial charge in [0.15, 0.2) is 0 Å². The Morgan fingerprint density at radius 2 is 2.24 bits per heavy atom. The van der Waals surface area contributed by atoms with Crippen LogP contribution in [-0.4, -0.2) is 34.3 Å². The lowest BCUT2D eigenvalue weighted by atomic mass is 9.84. The SMILES string of the molecule is CC1(C)CCCN(CCCn2ccc(N)n2)C1. The summed E-state index contributed by atoms with van der Waals surface area (Å²) in [5, 5.41) is 4.20. The molecule has 1 aliphatic heterocycles. The molecule has 2 heterocycles. The number of nitrogen functional groups attached to an aromatic ring is 1. The molecule has 0 amide bonds. The first-order valence-electron chi connectivity index (χ1n) is 6.56. The largest absolute Gasteiger partial charge is 0.382 e. The van der Waals surface area contributed by atoms with Crippen molar-refractivity contribution in [2.75, 3.05) is 25.4 Å². The van der Waals surface area contributed by atoms with Crippen molar-refractivity contribution >= 4 is 5.82 Å². The van der Waals surface area contributed by atoms with E-state index in [4.69, 9.17) is 5.73 Å². The number of likely N-dealkylation sites (tertiary alicyclic amines) is 1. The van der Waals surface area contributed by atoms with E-state index in [0.29, 0.717) is 11.2 Å². The van der Waals surface area contributed by atoms with Crippen LogP contribution >= 0.6 is 0 Å². The average molecular weight is 236 g/mol. The lowest BCUT2D eigenvalue weighted by molar-refractivity contribution is 0.115. The van der Waals surface area contributed by atoms with Crippen LogP contribution in [0.3, 0.4) is 0 Å². The monoisotopic (exact) mass is 236 g/mol. The van der Waals surface area contributed by atoms with E-state index in [1.807, 2.05) is 16.9 Å². The lowest BCUT2D eigenvalue weighted by Gasteiger charge is -2.38. The van der Waals surface area contributed by atoms with Crippen LogP contribution < -0.4 is 5.73 Å². The third kappa shape index (κ3) is 3.73. The lowest BCUT2D eigenvalue weighted by Crippen LogP contribution is -2.40. The van der Waals surface area contributed by atoms with E-state index in [2.05, 4.69) is 23.8 Å². The van der Waals surface area contributed by atoms with Gasteiger partial charge in [0, 0.05) is 19.3 Å². The minimum absolute atomic E-state index is 0.494. The molecule has 4 nitrogen and oxygen atoms in total. The maximum Gasteiger partial charge on any atom is 0.145 e. The second kappa shape index (κ2) is 5.08. The summed E-state index contributed by atoms with van der Waals surface area (Å²) in [5.41, 5.74) is 6.08. The average Bonchev–Trinajstić information content (AvgIpc) is 2.63. The Morgan fingerprint density at radius 1 is 1.41 bits per heavy atom. The number of hydrogen-bond donors (Lipinski definition) is 1. The van der Waals surface area contributed by atoms with Gasteiger partial charge in [-0.2, -0.15) is 5.10 Å². The minimum atomic E-state index is 0.494. The molecule has 0 atom stereocenters. The Kier molecular flexibility index (Phi) is 3.72. The van der Waals surface area contributed by atoms with Crippen molar-refractivity contribution in [3.05, 3.63) is 12.3 Å². The van der Waals surface area contributed by atoms with E-state index in [1.165, 1.54) is 32.5 Å². The number of anilines is 1. The van der Waals surface area contributed by atoms with Gasteiger partial charge in [0.1, 0.15) is 5.82 Å². The highest BCUT2D eigenvalue weighted by molar-refractivity contribution is 5.23. The Labute approximate surface area is 104 Å². The van der Waals surface area contributed by atoms with Crippen molar-refractivity contribution in [2.24, 2.45) is 5.41 Å². The third-order valence-corrected chi connectivity index (χ3v) is 3.50. The van der Waals surface area contributed by atoms with Crippen LogP contribution in [0, 0.1) is 5.41 Å². The van der Waals surface area contributed by atoms with E-state index in [0.717, 1.165) is 13.0 Å². The van der Waals surface area contributed by atoms with Gasteiger partial charge in [-0.15, -0.1) is 0 Å². The van der Waals surface area contributed by atoms with Crippen LogP contribution in [0.15, 0.2) is 12.3 Å². The van der Waals surface area contributed by atoms with Crippen LogP contribution in [0.2, 0.25) is 0 Å². The molecule has 1 fully saturated rings. The van der Waals surface area contributed by atoms with Crippen LogP contribution in [0.25, 0.3) is 0 Å². The van der Waals surface area contributed by atoms with Gasteiger partial charge in [0.2, 0.25) is 0 Å². The Hall–Kier alpha value is -1.03. The van der Waals surface area contributed by atoms with Gasteiger partial charge in [-0.3, -0.25) is 4.68 Å². The van der Waals surface area contributed by atoms with Crippen molar-refractivity contribution < 1.29 is 0 Å². The number of piperidine rings is 1. The first-order chi connectivity index (χ1) is 8.05. The molecular weight excluding hydrogens is 212 g/mol. The van der Waals surface area contributed by atoms with E-state index in [1.54, 1.807) is 0 Å². The van der Waals surface area contributed by atoms with Crippen molar-refractivity contribution in [3.63, 3.8) is 0 Å². The second-order valence-electron chi connectivity index (χ2n) is 5.90. The summed E-state index contributed by atoms with van der Waals surface area (Å²) in [5.74, 6) is 0.615. The number of hydrogen-bond acceptors (Lipinski definition) is 3. The predicted octanol–water partition coefficient (Wildman–Crippen LogP) is 1.98. The molecular formula is C13H24N4. The molecule has 2 rings (SSSR count). The second-order valence-corrected chi connectivity index (χ2v) is 5.90. The van der Waals surface area contributed by atoms with Gasteiger partial charge >= 0.3 is 0 Å². The molecule has 0 aromatic carbocycles. The highest BCUT2D eigenvalue weighted by Gasteiger charge is 2.25. The number of nitrogens with zero attached hydrogens (tertiary/aromatic N) is 3. The fourth-order valence-electron chi connectivity index (χ4n) is 2.69. The first-order valence-corrected chi connectivity index (χ1v) is 6.56. The predicted molar refractivity (Wildman–Crippen MR) is 70.7 cm³/mol. The zero-order valence-corrected chi connectivity index (χ0v) is 11.0. The molecule has 2 N–H and O–H groups in total. The molecule has 1 saturated heterocycles. The van der Waals surface area contributed by atoms with Crippen molar-refractivity contribution in [2.45, 2.75) is 39.7 Å². The molecule has 1 aromatic rings. The zero-order chi connectivity index (χ0) is 12.3. The molecule has 96 valence electrons. The van der Waals surface area contributed by atoms with Crippen LogP contribution in [0.5, 0.6) is 0 Å². The van der Waals surface area contributed by atoms with E-state index in [-0.39, 0.29) is 0 Å². The fraction of sp³-hybridized carbons (Fsp3) is 0.769. The zero-order valence-electron chi connectivity index (χ0n) is 11.0. The van der Waals surface area contributed by atoms with Gasteiger partial charge in [-0.1, -0.05) is 13.8 Å². The number of rotatable bonds is 4. The van der Waals surface area contributed by atoms with Gasteiger partial charge in [-0.05, 0) is 43.8 Å². The molecule has 0 aliphatic carbocycles. The summed E-state index contributed by atoms with van der Waals surface area (Å²) >= 11 is 0. The molecule has 0 saturated carbocycles. The van der Waals surface area contributed by atoms with Crippen LogP contribution in [-0.2, 0) is 6.54 Å². The topological polar surface area (TPSA) is 47.1 Å². The smallest absolute Gasteiger partial charge is 0.145 e. The van der Waals surface area contributed by atoms with Gasteiger partial charge in [0.25, 0.3) is 0 Å². The number of aromatic nitrogens is 2. The third-order valence-electron chi connectivity index (χ3n) is 3.50. The maximum absolute atomic E-state index is 5.59. The van der Waals surface area contributed by atoms with Gasteiger partial charge < -0.3 is 10.6 Å². The van der Waals surface area contributed by atoms with E-state index >= 15 is 0 Å². The minimum Gasteiger partial charge on any atom is -0.382 e. The fourth-order valence-corrected chi connectivity index (χ4v) is 2.69. The Morgan fingerprint density at radius 3 is 2.88 bits per heavy atom. The standard InChI is InChI=1S/C13H24N4/c1-13(2)6-3-7-16(11-13)8-4-9-17-10-5-12(14)15-17/h5,10H,3-4,6-9,11H2,1-2H3,(H2,14,15). The van der Waals surface area contributed by atoms with Gasteiger partial charge in [-0.25, -0.2) is 0 Å². The molecule has 0 bridgehead atoms. The van der Waals surface area contributed by atoms with Crippen LogP contribution in [0.4, 0.5) is 5.82 Å². The molecule has 0 spiro atoms. The molecule has 17 heavy (non-hydrogen) atoms. The summed E-state index contributed by atoms with van der Waals surface area (Å²) in [7, 11) is 0. The van der Waals surface area contributed by atoms with Crippen molar-refractivity contribution in [3.8, 4) is 0 Å². The molecule has 1 aromatic heterocycles. The van der Waals surface area contributed by atoms with Crippen molar-refractivity contribution in [1.82, 2.24) is 14.7 Å². The number of aryl methyl sites for hydroxylation is 1. The quantitative estimate of drug-likeness (QED) is 0.869. The van der Waals surface area contributed by atoms with Gasteiger partial charge in [0.05, 0.1) is 0 Å². The van der Waals surface area contributed by atoms with E-state index < -0.39 is 0 Å². The first kappa shape index (κ1) is 12.4. The molecule has 1 aliphatic rings. The summed E-state index contributed by atoms with van der Waals surface area (Å²) < 4.78 is 1.93.